The molecule has 1 aliphatic carbocycles. The Labute approximate surface area is 209 Å². The molecule has 0 radical (unpaired) electrons. The number of pyridine rings is 1. The van der Waals surface area contributed by atoms with Crippen LogP contribution in [-0.2, 0) is 4.79 Å². The Morgan fingerprint density at radius 2 is 1.65 bits per heavy atom. The average molecular weight is 491 g/mol. The molecule has 1 N–H and O–H groups in total. The third-order valence-corrected chi connectivity index (χ3v) is 6.36. The maximum Gasteiger partial charge on any atom is 0.164 e. The van der Waals surface area contributed by atoms with E-state index in [4.69, 9.17) is 23.2 Å². The van der Waals surface area contributed by atoms with Gasteiger partial charge < -0.3 is 4.90 Å². The number of rotatable bonds is 7. The first-order valence-electron chi connectivity index (χ1n) is 11.2. The number of allylic oxidation sites excluding steroid dienone is 1. The van der Waals surface area contributed by atoms with Gasteiger partial charge in [-0.1, -0.05) is 35.3 Å². The van der Waals surface area contributed by atoms with E-state index < -0.39 is 0 Å². The zero-order valence-corrected chi connectivity index (χ0v) is 20.2. The van der Waals surface area contributed by atoms with Gasteiger partial charge in [0.25, 0.3) is 0 Å². The highest BCUT2D eigenvalue weighted by molar-refractivity contribution is 6.31. The summed E-state index contributed by atoms with van der Waals surface area (Å²) in [6.07, 6.45) is 7.90. The number of hydrogen-bond acceptors (Lipinski definition) is 5. The van der Waals surface area contributed by atoms with Gasteiger partial charge in [0.05, 0.1) is 17.0 Å². The van der Waals surface area contributed by atoms with Gasteiger partial charge in [0.15, 0.2) is 5.78 Å². The third-order valence-electron chi connectivity index (χ3n) is 5.89. The molecular formula is C27H24Cl2N4O. The van der Waals surface area contributed by atoms with Crippen LogP contribution in [0.25, 0.3) is 5.70 Å². The largest absolute Gasteiger partial charge is 0.308 e. The van der Waals surface area contributed by atoms with E-state index in [1.165, 1.54) is 12.8 Å². The molecule has 5 nitrogen and oxygen atoms in total. The molecule has 0 saturated heterocycles. The van der Waals surface area contributed by atoms with Gasteiger partial charge in [-0.25, -0.2) is 0 Å². The number of hydrazine groups is 1. The zero-order chi connectivity index (χ0) is 23.7. The summed E-state index contributed by atoms with van der Waals surface area (Å²) in [6.45, 7) is 2.44. The molecule has 1 aromatic heterocycles. The minimum Gasteiger partial charge on any atom is -0.308 e. The van der Waals surface area contributed by atoms with Crippen molar-refractivity contribution in [2.24, 2.45) is 5.92 Å². The normalized spacial score (nSPS) is 15.6. The molecule has 7 heteroatoms. The van der Waals surface area contributed by atoms with Gasteiger partial charge in [-0.05, 0) is 74.2 Å². The summed E-state index contributed by atoms with van der Waals surface area (Å²) >= 11 is 12.8. The summed E-state index contributed by atoms with van der Waals surface area (Å²) in [5.74, 6) is 0.582. The second-order valence-electron chi connectivity index (χ2n) is 8.56. The lowest BCUT2D eigenvalue weighted by Gasteiger charge is -2.37. The molecule has 2 aromatic carbocycles. The minimum atomic E-state index is -0.0503. The van der Waals surface area contributed by atoms with Crippen LogP contribution in [0, 0.1) is 5.92 Å². The zero-order valence-electron chi connectivity index (χ0n) is 18.7. The van der Waals surface area contributed by atoms with Gasteiger partial charge in [-0.2, -0.15) is 0 Å². The second-order valence-corrected chi connectivity index (χ2v) is 9.43. The second kappa shape index (κ2) is 9.53. The lowest BCUT2D eigenvalue weighted by molar-refractivity contribution is -0.113. The summed E-state index contributed by atoms with van der Waals surface area (Å²) in [6, 6.07) is 19.0. The standard InChI is InChI=1S/C27H24Cl2N4O/c1-18(34)26-25(17-32(16-19-8-9-19)31-27(26)20-10-12-30-13-11-20)33(23-6-2-4-21(28)14-23)24-7-3-5-22(29)15-24/h2-7,10-15,17,19,31H,8-9,16H2,1H3. The van der Waals surface area contributed by atoms with Crippen molar-refractivity contribution in [3.8, 4) is 0 Å². The lowest BCUT2D eigenvalue weighted by Crippen LogP contribution is -2.41. The van der Waals surface area contributed by atoms with Gasteiger partial charge in [0, 0.05) is 52.1 Å². The number of carbonyl (C=O) groups excluding carboxylic acids is 1. The topological polar surface area (TPSA) is 48.5 Å². The van der Waals surface area contributed by atoms with E-state index in [1.54, 1.807) is 19.3 Å². The Bertz CT molecular complexity index is 1240. The number of Topliss-reactive ketones (excluding diaryl/α,β-unsaturated/α-hetero) is 1. The van der Waals surface area contributed by atoms with Crippen molar-refractivity contribution in [2.45, 2.75) is 19.8 Å². The lowest BCUT2D eigenvalue weighted by atomic mass is 9.98. The molecular weight excluding hydrogens is 467 g/mol. The number of aromatic nitrogens is 1. The summed E-state index contributed by atoms with van der Waals surface area (Å²) in [4.78, 5) is 19.4. The van der Waals surface area contributed by atoms with E-state index >= 15 is 0 Å². The SMILES string of the molecule is CC(=O)C1=C(c2ccncc2)NN(CC2CC2)C=C1N(c1cccc(Cl)c1)c1cccc(Cl)c1. The molecule has 172 valence electrons. The molecule has 1 aliphatic heterocycles. The van der Waals surface area contributed by atoms with Crippen LogP contribution in [-0.4, -0.2) is 22.3 Å². The predicted octanol–water partition coefficient (Wildman–Crippen LogP) is 6.60. The van der Waals surface area contributed by atoms with Gasteiger partial charge in [-0.3, -0.25) is 20.2 Å². The highest BCUT2D eigenvalue weighted by atomic mass is 35.5. The van der Waals surface area contributed by atoms with Gasteiger partial charge in [-0.15, -0.1) is 0 Å². The maximum atomic E-state index is 13.2. The molecule has 1 fully saturated rings. The minimum absolute atomic E-state index is 0.0503. The number of halogens is 2. The van der Waals surface area contributed by atoms with Crippen LogP contribution >= 0.6 is 23.2 Å². The molecule has 34 heavy (non-hydrogen) atoms. The number of nitrogens with zero attached hydrogens (tertiary/aromatic N) is 3. The number of anilines is 2. The fraction of sp³-hybridized carbons (Fsp3) is 0.185. The Balaban J connectivity index is 1.74. The van der Waals surface area contributed by atoms with Crippen molar-refractivity contribution in [2.75, 3.05) is 11.4 Å². The Kier molecular flexibility index (Phi) is 6.31. The average Bonchev–Trinajstić information content (AvgIpc) is 3.63. The third kappa shape index (κ3) is 4.81. The molecule has 0 bridgehead atoms. The first kappa shape index (κ1) is 22.5. The summed E-state index contributed by atoms with van der Waals surface area (Å²) in [5, 5.41) is 3.30. The first-order valence-corrected chi connectivity index (χ1v) is 12.0. The Morgan fingerprint density at radius 1 is 1.03 bits per heavy atom. The molecule has 2 heterocycles. The summed E-state index contributed by atoms with van der Waals surface area (Å²) in [5.41, 5.74) is 8.14. The molecule has 3 aromatic rings. The highest BCUT2D eigenvalue weighted by Gasteiger charge is 2.32. The summed E-state index contributed by atoms with van der Waals surface area (Å²) < 4.78 is 0. The molecule has 2 aliphatic rings. The molecule has 0 spiro atoms. The molecule has 0 unspecified atom stereocenters. The van der Waals surface area contributed by atoms with Crippen molar-refractivity contribution in [3.05, 3.63) is 106 Å². The van der Waals surface area contributed by atoms with Crippen LogP contribution in [0.1, 0.15) is 25.3 Å². The van der Waals surface area contributed by atoms with Crippen LogP contribution in [0.2, 0.25) is 10.0 Å². The van der Waals surface area contributed by atoms with Crippen molar-refractivity contribution >= 4 is 46.1 Å². The molecule has 5 rings (SSSR count). The van der Waals surface area contributed by atoms with Crippen molar-refractivity contribution < 1.29 is 4.79 Å². The Hall–Kier alpha value is -3.28. The predicted molar refractivity (Wildman–Crippen MR) is 138 cm³/mol. The van der Waals surface area contributed by atoms with Crippen molar-refractivity contribution in [1.82, 2.24) is 15.4 Å². The van der Waals surface area contributed by atoms with Crippen molar-refractivity contribution in [1.29, 1.82) is 0 Å². The number of benzene rings is 2. The smallest absolute Gasteiger partial charge is 0.164 e. The van der Waals surface area contributed by atoms with E-state index in [2.05, 4.69) is 15.4 Å². The molecule has 0 amide bonds. The van der Waals surface area contributed by atoms with Crippen molar-refractivity contribution in [3.63, 3.8) is 0 Å². The maximum absolute atomic E-state index is 13.2. The van der Waals surface area contributed by atoms with Gasteiger partial charge in [0.2, 0.25) is 0 Å². The van der Waals surface area contributed by atoms with Gasteiger partial charge >= 0.3 is 0 Å². The molecule has 1 saturated carbocycles. The molecule has 0 atom stereocenters. The first-order chi connectivity index (χ1) is 16.5. The number of hydrogen-bond donors (Lipinski definition) is 1. The highest BCUT2D eigenvalue weighted by Crippen LogP contribution is 2.40. The van der Waals surface area contributed by atoms with Crippen LogP contribution in [0.15, 0.2) is 90.5 Å². The van der Waals surface area contributed by atoms with E-state index in [0.717, 1.165) is 34.9 Å². The fourth-order valence-electron chi connectivity index (χ4n) is 4.16. The summed E-state index contributed by atoms with van der Waals surface area (Å²) in [7, 11) is 0. The van der Waals surface area contributed by atoms with Crippen LogP contribution in [0.3, 0.4) is 0 Å². The number of carbonyl (C=O) groups is 1. The van der Waals surface area contributed by atoms with E-state index in [9.17, 15) is 4.79 Å². The van der Waals surface area contributed by atoms with E-state index in [0.29, 0.717) is 21.5 Å². The fourth-order valence-corrected chi connectivity index (χ4v) is 4.53. The van der Waals surface area contributed by atoms with E-state index in [-0.39, 0.29) is 5.78 Å². The van der Waals surface area contributed by atoms with Crippen LogP contribution in [0.5, 0.6) is 0 Å². The number of nitrogens with one attached hydrogen (secondary N) is 1. The monoisotopic (exact) mass is 490 g/mol. The van der Waals surface area contributed by atoms with E-state index in [1.807, 2.05) is 71.8 Å². The van der Waals surface area contributed by atoms with Crippen LogP contribution < -0.4 is 10.3 Å². The Morgan fingerprint density at radius 3 is 2.18 bits per heavy atom. The van der Waals surface area contributed by atoms with Crippen LogP contribution in [0.4, 0.5) is 11.4 Å². The quantitative estimate of drug-likeness (QED) is 0.404. The number of ketones is 1. The van der Waals surface area contributed by atoms with Gasteiger partial charge in [0.1, 0.15) is 0 Å².